The third kappa shape index (κ3) is 8.20. The Kier molecular flexibility index (Phi) is 14.6. The number of alkyl halides is 34. The summed E-state index contributed by atoms with van der Waals surface area (Å²) in [5.74, 6) is -124. The molecule has 0 heterocycles. The molecule has 0 amide bonds. The van der Waals surface area contributed by atoms with E-state index in [9.17, 15) is 154 Å². The van der Waals surface area contributed by atoms with Gasteiger partial charge in [0.2, 0.25) is 0 Å². The minimum absolute atomic E-state index is 0.978. The van der Waals surface area contributed by atoms with E-state index in [-0.39, 0.29) is 0 Å². The number of carbonyl (C=O) groups is 1. The quantitative estimate of drug-likeness (QED) is 0.117. The Morgan fingerprint density at radius 2 is 0.483 bits per heavy atom. The van der Waals surface area contributed by atoms with Crippen molar-refractivity contribution in [1.29, 1.82) is 0 Å². The topological polar surface area (TPSA) is 40.5 Å². The Hall–Kier alpha value is -2.95. The lowest BCUT2D eigenvalue weighted by atomic mass is 9.88. The maximum absolute atomic E-state index is 14.2. The third-order valence-electron chi connectivity index (χ3n) is 7.70. The molecule has 1 N–H and O–H groups in total. The lowest BCUT2D eigenvalue weighted by Crippen LogP contribution is -2.74. The molecule has 360 valence electrons. The van der Waals surface area contributed by atoms with E-state index in [0.717, 1.165) is 0 Å². The maximum Gasteiger partial charge on any atom is 0.460 e. The Labute approximate surface area is 305 Å². The molecule has 3 nitrogen and oxygen atoms in total. The highest BCUT2D eigenvalue weighted by Gasteiger charge is 2.97. The number of rotatable bonds is 21. The van der Waals surface area contributed by atoms with Crippen LogP contribution in [0.3, 0.4) is 0 Å². The van der Waals surface area contributed by atoms with Gasteiger partial charge in [-0.15, -0.1) is 0 Å². The second kappa shape index (κ2) is 15.4. The fraction of sp³-hybridized carbons (Fsp3) is 0.957. The summed E-state index contributed by atoms with van der Waals surface area (Å²) < 4.78 is 457. The molecule has 0 aliphatic carbocycles. The van der Waals surface area contributed by atoms with Gasteiger partial charge in [0.25, 0.3) is 0 Å². The summed E-state index contributed by atoms with van der Waals surface area (Å²) in [6.45, 7) is -7.76. The van der Waals surface area contributed by atoms with Gasteiger partial charge in [-0.1, -0.05) is 0 Å². The van der Waals surface area contributed by atoms with E-state index in [1.807, 2.05) is 0 Å². The molecule has 0 aliphatic rings. The van der Waals surface area contributed by atoms with Crippen LogP contribution in [-0.2, 0) is 4.79 Å². The summed E-state index contributed by atoms with van der Waals surface area (Å²) in [5.41, 5.74) is 0. The van der Waals surface area contributed by atoms with Crippen LogP contribution in [0.25, 0.3) is 0 Å². The second-order valence-corrected chi connectivity index (χ2v) is 11.8. The molecule has 0 aliphatic heterocycles. The van der Waals surface area contributed by atoms with Gasteiger partial charge < -0.3 is 10.0 Å². The van der Waals surface area contributed by atoms with E-state index in [0.29, 0.717) is 0 Å². The van der Waals surface area contributed by atoms with Crippen LogP contribution in [0.15, 0.2) is 0 Å². The van der Waals surface area contributed by atoms with Crippen molar-refractivity contribution in [3.63, 3.8) is 0 Å². The fourth-order valence-electron chi connectivity index (χ4n) is 3.89. The summed E-state index contributed by atoms with van der Waals surface area (Å²) in [6.07, 6.45) is -25.6. The van der Waals surface area contributed by atoms with E-state index in [1.54, 1.807) is 0 Å². The number of carboxylic acid groups (broad SMARTS) is 1. The van der Waals surface area contributed by atoms with Crippen LogP contribution in [-0.4, -0.2) is 131 Å². The molecule has 0 aromatic carbocycles. The molecule has 0 atom stereocenters. The zero-order valence-corrected chi connectivity index (χ0v) is 26.9. The monoisotopic (exact) mass is 981 g/mol. The van der Waals surface area contributed by atoms with E-state index >= 15 is 0 Å². The molecular formula is C23H13F34NO2. The average Bonchev–Trinajstić information content (AvgIpc) is 3.01. The largest absolute Gasteiger partial charge is 0.481 e. The summed E-state index contributed by atoms with van der Waals surface area (Å²) in [4.78, 5) is 9.71. The number of halogens is 34. The lowest BCUT2D eigenvalue weighted by Gasteiger charge is -2.43. The molecule has 0 aromatic heterocycles. The minimum Gasteiger partial charge on any atom is -0.481 e. The van der Waals surface area contributed by atoms with E-state index in [2.05, 4.69) is 0 Å². The highest BCUT2D eigenvalue weighted by molar-refractivity contribution is 5.66. The molecule has 0 bridgehead atoms. The first-order valence-electron chi connectivity index (χ1n) is 13.9. The number of hydrogen-bond donors (Lipinski definition) is 1. The van der Waals surface area contributed by atoms with Crippen molar-refractivity contribution in [2.24, 2.45) is 0 Å². The molecule has 60 heavy (non-hydrogen) atoms. The molecule has 37 heteroatoms. The highest BCUT2D eigenvalue weighted by Crippen LogP contribution is 2.66. The number of aliphatic carboxylic acids is 1. The van der Waals surface area contributed by atoms with Crippen molar-refractivity contribution in [3.8, 4) is 0 Å². The van der Waals surface area contributed by atoms with Gasteiger partial charge in [-0.2, -0.15) is 149 Å². The van der Waals surface area contributed by atoms with Crippen LogP contribution in [0.5, 0.6) is 0 Å². The van der Waals surface area contributed by atoms with Gasteiger partial charge in [0.15, 0.2) is 0 Å². The molecule has 0 unspecified atom stereocenters. The molecule has 0 saturated heterocycles. The molecule has 0 fully saturated rings. The lowest BCUT2D eigenvalue weighted by molar-refractivity contribution is -0.462. The van der Waals surface area contributed by atoms with Crippen molar-refractivity contribution in [2.75, 3.05) is 19.6 Å². The van der Waals surface area contributed by atoms with Crippen LogP contribution >= 0.6 is 0 Å². The summed E-state index contributed by atoms with van der Waals surface area (Å²) in [5, 5.41) is 8.53. The number of hydrogen-bond acceptors (Lipinski definition) is 2. The van der Waals surface area contributed by atoms with E-state index < -0.39 is 145 Å². The Morgan fingerprint density at radius 3 is 0.667 bits per heavy atom. The van der Waals surface area contributed by atoms with Gasteiger partial charge >= 0.3 is 101 Å². The Balaban J connectivity index is 6.93. The van der Waals surface area contributed by atoms with Crippen molar-refractivity contribution >= 4 is 5.97 Å². The first-order valence-corrected chi connectivity index (χ1v) is 13.9. The first kappa shape index (κ1) is 57.1. The van der Waals surface area contributed by atoms with Gasteiger partial charge in [0.05, 0.1) is 6.42 Å². The van der Waals surface area contributed by atoms with Gasteiger partial charge in [-0.25, -0.2) is 0 Å². The molecule has 0 spiro atoms. The van der Waals surface area contributed by atoms with Gasteiger partial charge in [0.1, 0.15) is 0 Å². The Bertz CT molecular complexity index is 1400. The van der Waals surface area contributed by atoms with Crippen LogP contribution < -0.4 is 0 Å². The second-order valence-electron chi connectivity index (χ2n) is 11.8. The van der Waals surface area contributed by atoms with E-state index in [4.69, 9.17) is 5.11 Å². The van der Waals surface area contributed by atoms with Crippen LogP contribution in [0, 0.1) is 0 Å². The summed E-state index contributed by atoms with van der Waals surface area (Å²) >= 11 is 0. The van der Waals surface area contributed by atoms with Crippen molar-refractivity contribution in [3.05, 3.63) is 0 Å². The third-order valence-corrected chi connectivity index (χ3v) is 7.70. The predicted molar refractivity (Wildman–Crippen MR) is 119 cm³/mol. The van der Waals surface area contributed by atoms with Crippen LogP contribution in [0.4, 0.5) is 149 Å². The number of carboxylic acids is 1. The Morgan fingerprint density at radius 1 is 0.300 bits per heavy atom. The molecule has 0 saturated carbocycles. The standard InChI is InChI=1S/C23H13F34NO2/c24-8(25,10(28,29)12(32,33)14(36,37)16(40,41)18(44,45)20(48,49)22(52,53)54)2-5-58(4-1-7(59)60)6-3-9(26,27)11(30,31)13(34,35)15(38,39)17(42,43)19(46,47)21(50,51)23(55,56)57/h1-6H2,(H,59,60). The van der Waals surface area contributed by atoms with Gasteiger partial charge in [-0.3, -0.25) is 4.79 Å². The van der Waals surface area contributed by atoms with Gasteiger partial charge in [-0.05, 0) is 0 Å². The SMILES string of the molecule is O=C(O)CCN(CCC(F)(F)C(F)(F)C(F)(F)C(F)(F)C(F)(F)C(F)(F)C(F)(F)C(F)(F)F)CCC(F)(F)C(F)(F)C(F)(F)C(F)(F)C(F)(F)C(F)(F)C(F)(F)C(F)(F)F. The zero-order chi connectivity index (χ0) is 49.4. The minimum atomic E-state index is -9.17. The fourth-order valence-corrected chi connectivity index (χ4v) is 3.89. The average molecular weight is 981 g/mol. The van der Waals surface area contributed by atoms with Crippen molar-refractivity contribution < 1.29 is 159 Å². The molecule has 0 radical (unpaired) electrons. The maximum atomic E-state index is 14.2. The smallest absolute Gasteiger partial charge is 0.460 e. The van der Waals surface area contributed by atoms with Gasteiger partial charge in [0, 0.05) is 32.5 Å². The molecule has 0 aromatic rings. The van der Waals surface area contributed by atoms with Crippen molar-refractivity contribution in [1.82, 2.24) is 4.90 Å². The summed E-state index contributed by atoms with van der Waals surface area (Å²) in [7, 11) is 0. The summed E-state index contributed by atoms with van der Waals surface area (Å²) in [6, 6.07) is 0. The zero-order valence-electron chi connectivity index (χ0n) is 26.9. The number of nitrogens with zero attached hydrogens (tertiary/aromatic N) is 1. The van der Waals surface area contributed by atoms with E-state index in [1.165, 1.54) is 0 Å². The highest BCUT2D eigenvalue weighted by atomic mass is 19.4. The molecule has 0 rings (SSSR count). The van der Waals surface area contributed by atoms with Crippen LogP contribution in [0.2, 0.25) is 0 Å². The normalized spacial score (nSPS) is 16.5. The first-order chi connectivity index (χ1) is 25.5. The predicted octanol–water partition coefficient (Wildman–Crippen LogP) is 11.6. The van der Waals surface area contributed by atoms with Crippen molar-refractivity contribution in [2.45, 2.75) is 115 Å². The molecular weight excluding hydrogens is 968 g/mol. The van der Waals surface area contributed by atoms with Crippen LogP contribution in [0.1, 0.15) is 19.3 Å².